The molecule has 5 rings (SSSR count). The molecule has 0 radical (unpaired) electrons. The Hall–Kier alpha value is -3.46. The summed E-state index contributed by atoms with van der Waals surface area (Å²) in [5.41, 5.74) is 4.12. The van der Waals surface area contributed by atoms with E-state index in [4.69, 9.17) is 14.5 Å². The fourth-order valence-electron chi connectivity index (χ4n) is 5.95. The molecule has 0 amide bonds. The van der Waals surface area contributed by atoms with Gasteiger partial charge in [-0.1, -0.05) is 31.5 Å². The molecular formula is C33H34BrN3O5S2. The number of sulfonamides is 1. The summed E-state index contributed by atoms with van der Waals surface area (Å²) in [7, 11) is -3.68. The Labute approximate surface area is 271 Å². The number of allylic oxidation sites excluding steroid dienone is 2. The Balaban J connectivity index is 1.43. The number of Topliss-reactive ketones (excluding diaryl/α,β-unsaturated/α-hetero) is 1. The summed E-state index contributed by atoms with van der Waals surface area (Å²) in [5, 5.41) is 11.9. The van der Waals surface area contributed by atoms with Crippen molar-refractivity contribution in [3.63, 3.8) is 0 Å². The Morgan fingerprint density at radius 2 is 1.95 bits per heavy atom. The minimum atomic E-state index is -3.68. The fourth-order valence-corrected chi connectivity index (χ4v) is 8.57. The van der Waals surface area contributed by atoms with Crippen LogP contribution in [-0.2, 0) is 21.4 Å². The SMILES string of the molecule is CCCC1CC(=O)C2=C(C1)N=C(C)C(C#N)C2c1cc(Br)c(OCc2cccc(NS(=O)(=O)c3cccs3)c2)c(OCC)c1. The highest BCUT2D eigenvalue weighted by atomic mass is 79.9. The molecule has 3 atom stereocenters. The Morgan fingerprint density at radius 3 is 2.66 bits per heavy atom. The van der Waals surface area contributed by atoms with Crippen molar-refractivity contribution in [1.82, 2.24) is 0 Å². The molecule has 0 saturated heterocycles. The number of ketones is 1. The molecule has 1 N–H and O–H groups in total. The average molecular weight is 697 g/mol. The molecule has 1 aliphatic heterocycles. The minimum Gasteiger partial charge on any atom is -0.490 e. The normalized spacial score (nSPS) is 20.0. The van der Waals surface area contributed by atoms with Gasteiger partial charge in [0.05, 0.1) is 23.1 Å². The maximum Gasteiger partial charge on any atom is 0.271 e. The van der Waals surface area contributed by atoms with Gasteiger partial charge >= 0.3 is 0 Å². The van der Waals surface area contributed by atoms with Crippen molar-refractivity contribution in [2.45, 2.75) is 63.2 Å². The van der Waals surface area contributed by atoms with Gasteiger partial charge in [-0.25, -0.2) is 8.42 Å². The maximum atomic E-state index is 13.5. The summed E-state index contributed by atoms with van der Waals surface area (Å²) in [6, 6.07) is 16.4. The van der Waals surface area contributed by atoms with Crippen molar-refractivity contribution in [3.05, 3.63) is 80.8 Å². The van der Waals surface area contributed by atoms with Crippen molar-refractivity contribution in [3.8, 4) is 17.6 Å². The first-order valence-corrected chi connectivity index (χ1v) is 17.8. The van der Waals surface area contributed by atoms with Crippen LogP contribution in [0.15, 0.2) is 78.9 Å². The van der Waals surface area contributed by atoms with Gasteiger partial charge in [0.1, 0.15) is 10.8 Å². The first kappa shape index (κ1) is 31.9. The van der Waals surface area contributed by atoms with Crippen LogP contribution in [0.1, 0.15) is 63.5 Å². The van der Waals surface area contributed by atoms with Crippen LogP contribution in [0.5, 0.6) is 11.5 Å². The molecule has 2 aromatic carbocycles. The number of nitriles is 1. The van der Waals surface area contributed by atoms with Crippen LogP contribution in [0, 0.1) is 23.2 Å². The van der Waals surface area contributed by atoms with E-state index in [2.05, 4.69) is 33.6 Å². The van der Waals surface area contributed by atoms with Gasteiger partial charge in [0.15, 0.2) is 17.3 Å². The lowest BCUT2D eigenvalue weighted by molar-refractivity contribution is -0.117. The molecule has 2 aliphatic rings. The zero-order valence-corrected chi connectivity index (χ0v) is 28.0. The predicted octanol–water partition coefficient (Wildman–Crippen LogP) is 8.02. The molecule has 0 saturated carbocycles. The van der Waals surface area contributed by atoms with E-state index < -0.39 is 21.9 Å². The standard InChI is InChI=1S/C33H34BrN3O5S2/c1-4-8-21-14-27-32(28(38)15-21)31(25(18-35)20(3)36-27)23-16-26(34)33(29(17-23)41-5-2)42-19-22-9-6-10-24(13-22)37-44(39,40)30-11-7-12-43-30/h6-7,9-13,16-17,21,25,31,37H,4-5,8,14-15,19H2,1-3H3. The third kappa shape index (κ3) is 6.77. The highest BCUT2D eigenvalue weighted by Gasteiger charge is 2.41. The number of hydrogen-bond donors (Lipinski definition) is 1. The molecule has 230 valence electrons. The average Bonchev–Trinajstić information content (AvgIpc) is 3.53. The van der Waals surface area contributed by atoms with Gasteiger partial charge in [-0.2, -0.15) is 5.26 Å². The highest BCUT2D eigenvalue weighted by Crippen LogP contribution is 2.48. The first-order chi connectivity index (χ1) is 21.1. The zero-order valence-electron chi connectivity index (χ0n) is 24.8. The molecule has 2 heterocycles. The van der Waals surface area contributed by atoms with Crippen LogP contribution < -0.4 is 14.2 Å². The van der Waals surface area contributed by atoms with E-state index in [-0.39, 0.29) is 22.5 Å². The van der Waals surface area contributed by atoms with E-state index in [0.717, 1.165) is 47.4 Å². The maximum absolute atomic E-state index is 13.5. The number of aliphatic imine (C=N–C) groups is 1. The molecule has 44 heavy (non-hydrogen) atoms. The molecule has 1 aliphatic carbocycles. The predicted molar refractivity (Wildman–Crippen MR) is 176 cm³/mol. The fraction of sp³-hybridized carbons (Fsp3) is 0.364. The van der Waals surface area contributed by atoms with Crippen LogP contribution in [0.3, 0.4) is 0 Å². The molecular weight excluding hydrogens is 662 g/mol. The van der Waals surface area contributed by atoms with E-state index in [0.29, 0.717) is 46.0 Å². The zero-order chi connectivity index (χ0) is 31.4. The van der Waals surface area contributed by atoms with Gasteiger partial charge in [-0.05, 0) is 95.4 Å². The molecule has 11 heteroatoms. The number of ether oxygens (including phenoxy) is 2. The summed E-state index contributed by atoms with van der Waals surface area (Å²) in [6.07, 6.45) is 3.19. The lowest BCUT2D eigenvalue weighted by atomic mass is 9.70. The number of anilines is 1. The second kappa shape index (κ2) is 13.7. The van der Waals surface area contributed by atoms with E-state index in [1.807, 2.05) is 32.0 Å². The van der Waals surface area contributed by atoms with E-state index in [9.17, 15) is 18.5 Å². The van der Waals surface area contributed by atoms with Crippen molar-refractivity contribution in [2.24, 2.45) is 16.8 Å². The lowest BCUT2D eigenvalue weighted by Gasteiger charge is -2.35. The number of halogens is 1. The quantitative estimate of drug-likeness (QED) is 0.217. The number of nitrogens with zero attached hydrogens (tertiary/aromatic N) is 2. The number of carbonyl (C=O) groups excluding carboxylic acids is 1. The van der Waals surface area contributed by atoms with E-state index >= 15 is 0 Å². The molecule has 3 aromatic rings. The molecule has 0 fully saturated rings. The van der Waals surface area contributed by atoms with Gasteiger partial charge in [-0.3, -0.25) is 14.5 Å². The monoisotopic (exact) mass is 695 g/mol. The van der Waals surface area contributed by atoms with Crippen LogP contribution in [0.25, 0.3) is 0 Å². The number of thiophene rings is 1. The summed E-state index contributed by atoms with van der Waals surface area (Å²) in [6.45, 7) is 6.39. The van der Waals surface area contributed by atoms with Crippen LogP contribution in [0.2, 0.25) is 0 Å². The van der Waals surface area contributed by atoms with Crippen molar-refractivity contribution in [1.29, 1.82) is 5.26 Å². The Morgan fingerprint density at radius 1 is 1.14 bits per heavy atom. The second-order valence-corrected chi connectivity index (χ2v) is 14.7. The van der Waals surface area contributed by atoms with Crippen molar-refractivity contribution >= 4 is 54.5 Å². The van der Waals surface area contributed by atoms with Crippen LogP contribution >= 0.6 is 27.3 Å². The van der Waals surface area contributed by atoms with Crippen LogP contribution in [0.4, 0.5) is 5.69 Å². The molecule has 3 unspecified atom stereocenters. The highest BCUT2D eigenvalue weighted by molar-refractivity contribution is 9.10. The number of rotatable bonds is 11. The van der Waals surface area contributed by atoms with E-state index in [1.165, 1.54) is 0 Å². The summed E-state index contributed by atoms with van der Waals surface area (Å²) in [5.74, 6) is 0.261. The van der Waals surface area contributed by atoms with Gasteiger partial charge in [0, 0.05) is 35.0 Å². The molecule has 8 nitrogen and oxygen atoms in total. The third-order valence-corrected chi connectivity index (χ3v) is 11.2. The van der Waals surface area contributed by atoms with Gasteiger partial charge in [-0.15, -0.1) is 11.3 Å². The topological polar surface area (TPSA) is 118 Å². The van der Waals surface area contributed by atoms with Crippen molar-refractivity contribution < 1.29 is 22.7 Å². The lowest BCUT2D eigenvalue weighted by Crippen LogP contribution is -2.32. The van der Waals surface area contributed by atoms with Gasteiger partial charge in [0.2, 0.25) is 0 Å². The molecule has 0 bridgehead atoms. The second-order valence-electron chi connectivity index (χ2n) is 11.0. The van der Waals surface area contributed by atoms with Crippen molar-refractivity contribution in [2.75, 3.05) is 11.3 Å². The number of carbonyl (C=O) groups is 1. The third-order valence-electron chi connectivity index (χ3n) is 7.82. The number of hydrogen-bond acceptors (Lipinski definition) is 8. The summed E-state index contributed by atoms with van der Waals surface area (Å²) in [4.78, 5) is 18.3. The molecule has 0 spiro atoms. The first-order valence-electron chi connectivity index (χ1n) is 14.6. The smallest absolute Gasteiger partial charge is 0.271 e. The minimum absolute atomic E-state index is 0.0650. The Kier molecular flexibility index (Phi) is 9.93. The molecule has 1 aromatic heterocycles. The number of benzene rings is 2. The summed E-state index contributed by atoms with van der Waals surface area (Å²) < 4.78 is 41.1. The van der Waals surface area contributed by atoms with Gasteiger partial charge in [0.25, 0.3) is 10.0 Å². The summed E-state index contributed by atoms with van der Waals surface area (Å²) >= 11 is 4.81. The Bertz CT molecular complexity index is 1760. The van der Waals surface area contributed by atoms with Crippen LogP contribution in [-0.4, -0.2) is 26.5 Å². The largest absolute Gasteiger partial charge is 0.490 e. The van der Waals surface area contributed by atoms with Gasteiger partial charge < -0.3 is 9.47 Å². The number of nitrogens with one attached hydrogen (secondary N) is 1. The van der Waals surface area contributed by atoms with E-state index in [1.54, 1.807) is 35.7 Å².